The Balaban J connectivity index is 2.56. The molecule has 0 spiro atoms. The van der Waals surface area contributed by atoms with Crippen LogP contribution in [0.1, 0.15) is 67.5 Å². The fourth-order valence-corrected chi connectivity index (χ4v) is 2.82. The van der Waals surface area contributed by atoms with E-state index in [0.29, 0.717) is 12.5 Å². The Hall–Kier alpha value is -0.940. The topological polar surface area (TPSA) is 49.2 Å². The van der Waals surface area contributed by atoms with Crippen molar-refractivity contribution in [3.63, 3.8) is 0 Å². The fraction of sp³-hybridized carbons (Fsp3) is 0.889. The minimum absolute atomic E-state index is 0.0738. The first-order chi connectivity index (χ1) is 10.5. The van der Waals surface area contributed by atoms with Crippen molar-refractivity contribution in [2.45, 2.75) is 86.7 Å². The van der Waals surface area contributed by atoms with E-state index < -0.39 is 0 Å². The van der Waals surface area contributed by atoms with Gasteiger partial charge in [0.1, 0.15) is 5.69 Å². The molecule has 5 heteroatoms. The molecule has 0 fully saturated rings. The molecule has 0 radical (unpaired) electrons. The van der Waals surface area contributed by atoms with Gasteiger partial charge in [0.15, 0.2) is 0 Å². The van der Waals surface area contributed by atoms with Crippen molar-refractivity contribution in [1.82, 2.24) is 15.0 Å². The molecule has 23 heavy (non-hydrogen) atoms. The summed E-state index contributed by atoms with van der Waals surface area (Å²) in [5.41, 5.74) is 0.812. The summed E-state index contributed by atoms with van der Waals surface area (Å²) in [5, 5.41) is 8.41. The molecule has 0 N–H and O–H groups in total. The molecule has 0 aromatic carbocycles. The van der Waals surface area contributed by atoms with E-state index in [-0.39, 0.29) is 17.1 Å². The van der Waals surface area contributed by atoms with E-state index in [4.69, 9.17) is 9.47 Å². The van der Waals surface area contributed by atoms with Gasteiger partial charge in [-0.2, -0.15) is 0 Å². The second kappa shape index (κ2) is 8.25. The summed E-state index contributed by atoms with van der Waals surface area (Å²) in [7, 11) is 0. The van der Waals surface area contributed by atoms with E-state index in [9.17, 15) is 0 Å². The van der Waals surface area contributed by atoms with Gasteiger partial charge in [-0.1, -0.05) is 32.9 Å². The van der Waals surface area contributed by atoms with Gasteiger partial charge in [0, 0.05) is 13.2 Å². The summed E-state index contributed by atoms with van der Waals surface area (Å²) < 4.78 is 13.6. The van der Waals surface area contributed by atoms with Crippen LogP contribution in [0.4, 0.5) is 0 Å². The lowest BCUT2D eigenvalue weighted by Crippen LogP contribution is -2.35. The third kappa shape index (κ3) is 8.47. The smallest absolute Gasteiger partial charge is 0.108 e. The zero-order valence-electron chi connectivity index (χ0n) is 16.2. The van der Waals surface area contributed by atoms with Crippen LogP contribution in [0.15, 0.2) is 6.20 Å². The van der Waals surface area contributed by atoms with Gasteiger partial charge in [-0.25, -0.2) is 0 Å². The summed E-state index contributed by atoms with van der Waals surface area (Å²) in [6.45, 7) is 19.4. The fourth-order valence-electron chi connectivity index (χ4n) is 2.82. The third-order valence-electron chi connectivity index (χ3n) is 3.45. The lowest BCUT2D eigenvalue weighted by Gasteiger charge is -2.35. The molecule has 0 saturated heterocycles. The number of nitrogens with zero attached hydrogens (tertiary/aromatic N) is 3. The Morgan fingerprint density at radius 1 is 1.13 bits per heavy atom. The minimum atomic E-state index is -0.141. The quantitative estimate of drug-likeness (QED) is 0.650. The maximum Gasteiger partial charge on any atom is 0.108 e. The van der Waals surface area contributed by atoms with E-state index in [1.165, 1.54) is 0 Å². The summed E-state index contributed by atoms with van der Waals surface area (Å²) in [6.07, 6.45) is 3.15. The molecule has 0 saturated carbocycles. The van der Waals surface area contributed by atoms with E-state index in [1.807, 2.05) is 24.7 Å². The van der Waals surface area contributed by atoms with Gasteiger partial charge >= 0.3 is 0 Å². The van der Waals surface area contributed by atoms with E-state index in [2.05, 4.69) is 51.9 Å². The highest BCUT2D eigenvalue weighted by molar-refractivity contribution is 4.91. The normalized spacial score (nSPS) is 13.3. The van der Waals surface area contributed by atoms with Gasteiger partial charge in [0.05, 0.1) is 24.5 Å². The maximum atomic E-state index is 6.07. The van der Waals surface area contributed by atoms with Gasteiger partial charge in [-0.15, -0.1) is 5.10 Å². The zero-order chi connectivity index (χ0) is 17.7. The highest BCUT2D eigenvalue weighted by Crippen LogP contribution is 2.32. The summed E-state index contributed by atoms with van der Waals surface area (Å²) in [5.74, 6) is 0.552. The van der Waals surface area contributed by atoms with Crippen LogP contribution in [0.25, 0.3) is 0 Å². The number of ether oxygens (including phenoxy) is 2. The van der Waals surface area contributed by atoms with Crippen molar-refractivity contribution in [3.05, 3.63) is 11.9 Å². The Morgan fingerprint density at radius 3 is 2.35 bits per heavy atom. The molecule has 0 aliphatic rings. The highest BCUT2D eigenvalue weighted by atomic mass is 16.5. The van der Waals surface area contributed by atoms with Crippen molar-refractivity contribution in [1.29, 1.82) is 0 Å². The van der Waals surface area contributed by atoms with Crippen LogP contribution in [-0.4, -0.2) is 33.3 Å². The van der Waals surface area contributed by atoms with Crippen molar-refractivity contribution in [2.75, 3.05) is 6.61 Å². The predicted molar refractivity (Wildman–Crippen MR) is 93.2 cm³/mol. The van der Waals surface area contributed by atoms with Crippen molar-refractivity contribution >= 4 is 0 Å². The van der Waals surface area contributed by atoms with Crippen molar-refractivity contribution in [2.24, 2.45) is 11.3 Å². The predicted octanol–water partition coefficient (Wildman–Crippen LogP) is 4.07. The van der Waals surface area contributed by atoms with Gasteiger partial charge in [0.2, 0.25) is 0 Å². The molecule has 5 nitrogen and oxygen atoms in total. The molecule has 0 bridgehead atoms. The number of aromatic nitrogens is 3. The largest absolute Gasteiger partial charge is 0.375 e. The second-order valence-corrected chi connectivity index (χ2v) is 8.57. The minimum Gasteiger partial charge on any atom is -0.375 e. The Kier molecular flexibility index (Phi) is 7.21. The number of hydrogen-bond acceptors (Lipinski definition) is 4. The Morgan fingerprint density at radius 2 is 1.78 bits per heavy atom. The average Bonchev–Trinajstić information content (AvgIpc) is 2.79. The number of rotatable bonds is 10. The van der Waals surface area contributed by atoms with Crippen LogP contribution >= 0.6 is 0 Å². The molecule has 1 heterocycles. The standard InChI is InChI=1S/C18H35N3O2/c1-14(2)10-23-18(7,8)12-17(5,6)13-21-9-16(19-20-21)11-22-15(3)4/h9,14-15H,10-13H2,1-8H3. The maximum absolute atomic E-state index is 6.07. The van der Waals surface area contributed by atoms with Crippen molar-refractivity contribution < 1.29 is 9.47 Å². The molecule has 1 aromatic heterocycles. The third-order valence-corrected chi connectivity index (χ3v) is 3.45. The average molecular weight is 325 g/mol. The molecule has 1 aromatic rings. The lowest BCUT2D eigenvalue weighted by atomic mass is 9.81. The monoisotopic (exact) mass is 325 g/mol. The molecular weight excluding hydrogens is 290 g/mol. The van der Waals surface area contributed by atoms with Gasteiger partial charge in [-0.3, -0.25) is 4.68 Å². The van der Waals surface area contributed by atoms with Crippen LogP contribution < -0.4 is 0 Å². The molecule has 0 aliphatic carbocycles. The summed E-state index contributed by atoms with van der Waals surface area (Å²) in [4.78, 5) is 0. The highest BCUT2D eigenvalue weighted by Gasteiger charge is 2.30. The summed E-state index contributed by atoms with van der Waals surface area (Å²) >= 11 is 0. The van der Waals surface area contributed by atoms with E-state index in [1.54, 1.807) is 0 Å². The van der Waals surface area contributed by atoms with Crippen LogP contribution in [0, 0.1) is 11.3 Å². The van der Waals surface area contributed by atoms with Gasteiger partial charge < -0.3 is 9.47 Å². The lowest BCUT2D eigenvalue weighted by molar-refractivity contribution is -0.0592. The molecule has 134 valence electrons. The first kappa shape index (κ1) is 20.1. The Bertz CT molecular complexity index is 465. The second-order valence-electron chi connectivity index (χ2n) is 8.57. The van der Waals surface area contributed by atoms with E-state index >= 15 is 0 Å². The molecule has 0 unspecified atom stereocenters. The van der Waals surface area contributed by atoms with Gasteiger partial charge in [-0.05, 0) is 45.4 Å². The zero-order valence-corrected chi connectivity index (χ0v) is 16.2. The molecule has 0 amide bonds. The van der Waals surface area contributed by atoms with E-state index in [0.717, 1.165) is 25.3 Å². The molecule has 0 aliphatic heterocycles. The van der Waals surface area contributed by atoms with Crippen LogP contribution in [0.5, 0.6) is 0 Å². The molecular formula is C18H35N3O2. The first-order valence-electron chi connectivity index (χ1n) is 8.64. The number of hydrogen-bond donors (Lipinski definition) is 0. The summed E-state index contributed by atoms with van der Waals surface area (Å²) in [6, 6.07) is 0. The van der Waals surface area contributed by atoms with Crippen molar-refractivity contribution in [3.8, 4) is 0 Å². The Labute approximate surface area is 141 Å². The van der Waals surface area contributed by atoms with Crippen LogP contribution in [-0.2, 0) is 22.6 Å². The SMILES string of the molecule is CC(C)COC(C)(C)CC(C)(C)Cn1cc(COC(C)C)nn1. The molecule has 1 rings (SSSR count). The first-order valence-corrected chi connectivity index (χ1v) is 8.64. The molecule has 0 atom stereocenters. The van der Waals surface area contributed by atoms with Crippen LogP contribution in [0.3, 0.4) is 0 Å². The van der Waals surface area contributed by atoms with Gasteiger partial charge in [0.25, 0.3) is 0 Å². The van der Waals surface area contributed by atoms with Crippen LogP contribution in [0.2, 0.25) is 0 Å².